The normalized spacial score (nSPS) is 10.7. The highest BCUT2D eigenvalue weighted by Gasteiger charge is 2.14. The van der Waals surface area contributed by atoms with Crippen molar-refractivity contribution < 1.29 is 9.18 Å². The first-order valence-electron chi connectivity index (χ1n) is 6.29. The molecule has 0 saturated carbocycles. The fourth-order valence-electron chi connectivity index (χ4n) is 2.23. The number of rotatable bonds is 2. The number of aromatic amines is 1. The maximum absolute atomic E-state index is 13.7. The number of anilines is 1. The van der Waals surface area contributed by atoms with E-state index >= 15 is 0 Å². The van der Waals surface area contributed by atoms with Crippen LogP contribution in [0.2, 0.25) is 0 Å². The smallest absolute Gasteiger partial charge is 0.257 e. The number of H-pyrrole nitrogens is 1. The Morgan fingerprint density at radius 3 is 2.75 bits per heavy atom. The van der Waals surface area contributed by atoms with Crippen LogP contribution in [0.15, 0.2) is 48.7 Å². The Morgan fingerprint density at radius 1 is 1.15 bits per heavy atom. The van der Waals surface area contributed by atoms with Crippen LogP contribution in [0.4, 0.5) is 10.1 Å². The molecule has 0 aliphatic heterocycles. The zero-order chi connectivity index (χ0) is 14.1. The van der Waals surface area contributed by atoms with Crippen molar-refractivity contribution in [3.05, 3.63) is 65.6 Å². The van der Waals surface area contributed by atoms with Gasteiger partial charge in [-0.25, -0.2) is 4.39 Å². The molecule has 0 bridgehead atoms. The topological polar surface area (TPSA) is 44.9 Å². The predicted molar refractivity (Wildman–Crippen MR) is 77.4 cm³/mol. The molecule has 0 saturated heterocycles. The Morgan fingerprint density at radius 2 is 1.95 bits per heavy atom. The predicted octanol–water partition coefficient (Wildman–Crippen LogP) is 3.87. The van der Waals surface area contributed by atoms with E-state index in [0.717, 1.165) is 10.9 Å². The summed E-state index contributed by atoms with van der Waals surface area (Å²) < 4.78 is 13.7. The fourth-order valence-corrected chi connectivity index (χ4v) is 2.23. The number of nitrogens with one attached hydrogen (secondary N) is 2. The van der Waals surface area contributed by atoms with Crippen LogP contribution in [0.25, 0.3) is 10.9 Å². The minimum absolute atomic E-state index is 0.225. The molecule has 2 N–H and O–H groups in total. The number of carbonyl (C=O) groups excluding carboxylic acids is 1. The molecule has 100 valence electrons. The monoisotopic (exact) mass is 268 g/mol. The maximum atomic E-state index is 13.7. The van der Waals surface area contributed by atoms with Crippen LogP contribution < -0.4 is 5.32 Å². The highest BCUT2D eigenvalue weighted by Crippen LogP contribution is 2.22. The summed E-state index contributed by atoms with van der Waals surface area (Å²) in [5.41, 5.74) is 2.30. The fraction of sp³-hybridized carbons (Fsp3) is 0.0625. The molecule has 4 heteroatoms. The van der Waals surface area contributed by atoms with Gasteiger partial charge in [0, 0.05) is 17.1 Å². The third-order valence-electron chi connectivity index (χ3n) is 3.29. The largest absolute Gasteiger partial charge is 0.360 e. The van der Waals surface area contributed by atoms with Crippen molar-refractivity contribution in [3.8, 4) is 0 Å². The van der Waals surface area contributed by atoms with E-state index in [2.05, 4.69) is 10.3 Å². The second kappa shape index (κ2) is 4.81. The summed E-state index contributed by atoms with van der Waals surface area (Å²) in [6.07, 6.45) is 1.64. The number of hydrogen-bond acceptors (Lipinski definition) is 1. The second-order valence-corrected chi connectivity index (χ2v) is 4.63. The average molecular weight is 268 g/mol. The van der Waals surface area contributed by atoms with E-state index in [-0.39, 0.29) is 11.6 Å². The molecule has 3 rings (SSSR count). The van der Waals surface area contributed by atoms with Crippen LogP contribution in [0.3, 0.4) is 0 Å². The Balaban J connectivity index is 1.98. The molecule has 0 atom stereocenters. The molecule has 1 aromatic heterocycles. The standard InChI is InChI=1S/C16H13FN2O/c1-10-5-4-7-13(17)15(10)19-16(20)12-9-18-14-8-3-2-6-11(12)14/h2-9,18H,1H3,(H,19,20). The van der Waals surface area contributed by atoms with Gasteiger partial charge in [0.25, 0.3) is 5.91 Å². The number of amides is 1. The SMILES string of the molecule is Cc1cccc(F)c1NC(=O)c1c[nH]c2ccccc12. The minimum Gasteiger partial charge on any atom is -0.360 e. The van der Waals surface area contributed by atoms with Crippen molar-refractivity contribution in [2.75, 3.05) is 5.32 Å². The number of aromatic nitrogens is 1. The van der Waals surface area contributed by atoms with Crippen molar-refractivity contribution in [1.29, 1.82) is 0 Å². The lowest BCUT2D eigenvalue weighted by Crippen LogP contribution is -2.13. The van der Waals surface area contributed by atoms with Gasteiger partial charge in [0.05, 0.1) is 11.3 Å². The van der Waals surface area contributed by atoms with Gasteiger partial charge in [-0.1, -0.05) is 30.3 Å². The van der Waals surface area contributed by atoms with Gasteiger partial charge in [-0.15, -0.1) is 0 Å². The molecule has 1 heterocycles. The van der Waals surface area contributed by atoms with Crippen molar-refractivity contribution in [2.24, 2.45) is 0 Å². The first kappa shape index (κ1) is 12.4. The van der Waals surface area contributed by atoms with Crippen LogP contribution in [0.1, 0.15) is 15.9 Å². The molecule has 1 amide bonds. The lowest BCUT2D eigenvalue weighted by atomic mass is 10.1. The zero-order valence-corrected chi connectivity index (χ0v) is 10.9. The number of halogens is 1. The first-order valence-corrected chi connectivity index (χ1v) is 6.29. The molecule has 0 aliphatic carbocycles. The Kier molecular flexibility index (Phi) is 2.99. The van der Waals surface area contributed by atoms with E-state index in [1.165, 1.54) is 6.07 Å². The number of benzene rings is 2. The summed E-state index contributed by atoms with van der Waals surface area (Å²) in [6.45, 7) is 1.76. The van der Waals surface area contributed by atoms with Crippen molar-refractivity contribution in [3.63, 3.8) is 0 Å². The van der Waals surface area contributed by atoms with Gasteiger partial charge < -0.3 is 10.3 Å². The minimum atomic E-state index is -0.432. The van der Waals surface area contributed by atoms with Crippen LogP contribution >= 0.6 is 0 Å². The molecule has 3 nitrogen and oxygen atoms in total. The Labute approximate surface area is 115 Å². The van der Waals surface area contributed by atoms with Crippen LogP contribution in [0.5, 0.6) is 0 Å². The lowest BCUT2D eigenvalue weighted by molar-refractivity contribution is 0.102. The summed E-state index contributed by atoms with van der Waals surface area (Å²) in [5, 5.41) is 3.46. The summed E-state index contributed by atoms with van der Waals surface area (Å²) in [7, 11) is 0. The summed E-state index contributed by atoms with van der Waals surface area (Å²) in [4.78, 5) is 15.3. The van der Waals surface area contributed by atoms with Crippen molar-refractivity contribution >= 4 is 22.5 Å². The van der Waals surface area contributed by atoms with Crippen molar-refractivity contribution in [1.82, 2.24) is 4.98 Å². The number of fused-ring (bicyclic) bond motifs is 1. The average Bonchev–Trinajstić information content (AvgIpc) is 2.87. The number of hydrogen-bond donors (Lipinski definition) is 2. The van der Waals surface area contributed by atoms with Crippen LogP contribution in [-0.2, 0) is 0 Å². The molecule has 20 heavy (non-hydrogen) atoms. The van der Waals surface area contributed by atoms with Gasteiger partial charge in [0.15, 0.2) is 0 Å². The number of carbonyl (C=O) groups is 1. The van der Waals surface area contributed by atoms with E-state index in [0.29, 0.717) is 11.1 Å². The van der Waals surface area contributed by atoms with Gasteiger partial charge in [0.2, 0.25) is 0 Å². The maximum Gasteiger partial charge on any atom is 0.257 e. The highest BCUT2D eigenvalue weighted by atomic mass is 19.1. The van der Waals surface area contributed by atoms with Crippen molar-refractivity contribution in [2.45, 2.75) is 6.92 Å². The number of para-hydroxylation sites is 2. The third kappa shape index (κ3) is 2.05. The van der Waals surface area contributed by atoms with Gasteiger partial charge in [0.1, 0.15) is 5.82 Å². The highest BCUT2D eigenvalue weighted by molar-refractivity contribution is 6.13. The number of aryl methyl sites for hydroxylation is 1. The molecule has 2 aromatic carbocycles. The molecule has 0 unspecified atom stereocenters. The summed E-state index contributed by atoms with van der Waals surface area (Å²) in [6, 6.07) is 12.2. The lowest BCUT2D eigenvalue weighted by Gasteiger charge is -2.08. The zero-order valence-electron chi connectivity index (χ0n) is 10.9. The molecule has 0 spiro atoms. The van der Waals surface area contributed by atoms with E-state index in [1.807, 2.05) is 24.3 Å². The molecule has 3 aromatic rings. The summed E-state index contributed by atoms with van der Waals surface area (Å²) in [5.74, 6) is -0.756. The first-order chi connectivity index (χ1) is 9.66. The van der Waals surface area contributed by atoms with Gasteiger partial charge >= 0.3 is 0 Å². The van der Waals surface area contributed by atoms with E-state index < -0.39 is 5.82 Å². The van der Waals surface area contributed by atoms with Gasteiger partial charge in [-0.05, 0) is 24.6 Å². The van der Waals surface area contributed by atoms with E-state index in [9.17, 15) is 9.18 Å². The van der Waals surface area contributed by atoms with Crippen LogP contribution in [-0.4, -0.2) is 10.9 Å². The van der Waals surface area contributed by atoms with E-state index in [1.54, 1.807) is 25.3 Å². The molecule has 0 fully saturated rings. The quantitative estimate of drug-likeness (QED) is 0.728. The molecule has 0 aliphatic rings. The van der Waals surface area contributed by atoms with Crippen LogP contribution in [0, 0.1) is 12.7 Å². The molecular weight excluding hydrogens is 255 g/mol. The van der Waals surface area contributed by atoms with E-state index in [4.69, 9.17) is 0 Å². The molecule has 0 radical (unpaired) electrons. The Bertz CT molecular complexity index is 772. The van der Waals surface area contributed by atoms with Gasteiger partial charge in [-0.3, -0.25) is 4.79 Å². The second-order valence-electron chi connectivity index (χ2n) is 4.63. The Hall–Kier alpha value is -2.62. The molecular formula is C16H13FN2O. The summed E-state index contributed by atoms with van der Waals surface area (Å²) >= 11 is 0. The third-order valence-corrected chi connectivity index (χ3v) is 3.29. The van der Waals surface area contributed by atoms with Gasteiger partial charge in [-0.2, -0.15) is 0 Å².